The van der Waals surface area contributed by atoms with Crippen LogP contribution in [0.3, 0.4) is 0 Å². The highest BCUT2D eigenvalue weighted by Gasteiger charge is 2.08. The molecular weight excluding hydrogens is 431 g/mol. The van der Waals surface area contributed by atoms with Crippen molar-refractivity contribution < 1.29 is 9.47 Å². The van der Waals surface area contributed by atoms with Gasteiger partial charge in [-0.1, -0.05) is 53.5 Å². The van der Waals surface area contributed by atoms with E-state index >= 15 is 0 Å². The van der Waals surface area contributed by atoms with Crippen molar-refractivity contribution >= 4 is 35.4 Å². The summed E-state index contributed by atoms with van der Waals surface area (Å²) in [6.45, 7) is 0. The Morgan fingerprint density at radius 1 is 0.839 bits per heavy atom. The molecule has 0 saturated heterocycles. The van der Waals surface area contributed by atoms with Gasteiger partial charge in [0.2, 0.25) is 0 Å². The van der Waals surface area contributed by atoms with Gasteiger partial charge in [-0.2, -0.15) is 0 Å². The predicted octanol–water partition coefficient (Wildman–Crippen LogP) is 7.24. The fourth-order valence-corrected chi connectivity index (χ4v) is 3.76. The van der Waals surface area contributed by atoms with E-state index in [4.69, 9.17) is 32.7 Å². The van der Waals surface area contributed by atoms with Crippen molar-refractivity contribution in [2.24, 2.45) is 0 Å². The van der Waals surface area contributed by atoms with Crippen LogP contribution < -0.4 is 9.47 Å². The molecule has 4 nitrogen and oxygen atoms in total. The van der Waals surface area contributed by atoms with Gasteiger partial charge in [0.25, 0.3) is 0 Å². The molecule has 1 aromatic heterocycles. The van der Waals surface area contributed by atoms with Gasteiger partial charge in [0.15, 0.2) is 0 Å². The highest BCUT2D eigenvalue weighted by atomic mass is 35.5. The lowest BCUT2D eigenvalue weighted by molar-refractivity contribution is 0.395. The standard InChI is InChI=1S/C25H20Cl2N2O2/c1-30-19-9-11-20(24(14-19)31-2)17-6-3-16(4-7-17)5-12-25-28-15-23(29-25)21-10-8-18(26)13-22(21)27/h3-15H,1-2H3,(H,28,29)/b12-5+. The van der Waals surface area contributed by atoms with E-state index in [0.29, 0.717) is 10.0 Å². The highest BCUT2D eigenvalue weighted by Crippen LogP contribution is 2.33. The normalized spacial score (nSPS) is 11.1. The second-order valence-electron chi connectivity index (χ2n) is 6.83. The SMILES string of the molecule is COc1ccc(-c2ccc(/C=C/c3ncc(-c4ccc(Cl)cc4Cl)[nH]3)cc2)c(OC)c1. The predicted molar refractivity (Wildman–Crippen MR) is 128 cm³/mol. The molecule has 156 valence electrons. The minimum Gasteiger partial charge on any atom is -0.497 e. The molecule has 0 unspecified atom stereocenters. The summed E-state index contributed by atoms with van der Waals surface area (Å²) in [6, 6.07) is 19.4. The molecule has 6 heteroatoms. The summed E-state index contributed by atoms with van der Waals surface area (Å²) in [5, 5.41) is 1.18. The third kappa shape index (κ3) is 4.76. The van der Waals surface area contributed by atoms with Crippen molar-refractivity contribution in [3.63, 3.8) is 0 Å². The summed E-state index contributed by atoms with van der Waals surface area (Å²) in [7, 11) is 3.30. The second-order valence-corrected chi connectivity index (χ2v) is 7.67. The van der Waals surface area contributed by atoms with Crippen molar-refractivity contribution in [3.8, 4) is 33.9 Å². The zero-order valence-corrected chi connectivity index (χ0v) is 18.5. The van der Waals surface area contributed by atoms with Gasteiger partial charge < -0.3 is 14.5 Å². The van der Waals surface area contributed by atoms with E-state index in [1.165, 1.54) is 0 Å². The first-order valence-corrected chi connectivity index (χ1v) is 10.3. The zero-order chi connectivity index (χ0) is 21.8. The first kappa shape index (κ1) is 21.0. The van der Waals surface area contributed by atoms with Crippen molar-refractivity contribution in [1.82, 2.24) is 9.97 Å². The quantitative estimate of drug-likeness (QED) is 0.336. The summed E-state index contributed by atoms with van der Waals surface area (Å²) >= 11 is 12.3. The van der Waals surface area contributed by atoms with Gasteiger partial charge in [-0.3, -0.25) is 0 Å². The monoisotopic (exact) mass is 450 g/mol. The van der Waals surface area contributed by atoms with E-state index in [-0.39, 0.29) is 0 Å². The van der Waals surface area contributed by atoms with Crippen molar-refractivity contribution in [3.05, 3.63) is 88.3 Å². The molecule has 0 aliphatic heterocycles. The van der Waals surface area contributed by atoms with Crippen LogP contribution in [0, 0.1) is 0 Å². The molecule has 0 fully saturated rings. The Hall–Kier alpha value is -3.21. The lowest BCUT2D eigenvalue weighted by Crippen LogP contribution is -1.90. The molecule has 0 aliphatic rings. The lowest BCUT2D eigenvalue weighted by Gasteiger charge is -2.10. The molecule has 0 saturated carbocycles. The fourth-order valence-electron chi connectivity index (χ4n) is 3.25. The molecular formula is C25H20Cl2N2O2. The number of hydrogen-bond acceptors (Lipinski definition) is 3. The number of hydrogen-bond donors (Lipinski definition) is 1. The lowest BCUT2D eigenvalue weighted by atomic mass is 10.0. The number of benzene rings is 3. The summed E-state index contributed by atoms with van der Waals surface area (Å²) < 4.78 is 10.8. The number of ether oxygens (including phenoxy) is 2. The maximum atomic E-state index is 6.28. The Kier molecular flexibility index (Phi) is 6.31. The van der Waals surface area contributed by atoms with Gasteiger partial charge >= 0.3 is 0 Å². The van der Waals surface area contributed by atoms with Gasteiger partial charge in [-0.05, 0) is 47.5 Å². The summed E-state index contributed by atoms with van der Waals surface area (Å²) in [6.07, 6.45) is 5.69. The van der Waals surface area contributed by atoms with E-state index in [1.807, 2.05) is 36.4 Å². The van der Waals surface area contributed by atoms with Gasteiger partial charge in [-0.25, -0.2) is 4.98 Å². The van der Waals surface area contributed by atoms with Gasteiger partial charge in [-0.15, -0.1) is 0 Å². The number of aromatic nitrogens is 2. The summed E-state index contributed by atoms with van der Waals surface area (Å²) in [5.41, 5.74) is 4.82. The number of imidazole rings is 1. The number of methoxy groups -OCH3 is 2. The molecule has 4 aromatic rings. The number of nitrogens with zero attached hydrogens (tertiary/aromatic N) is 1. The van der Waals surface area contributed by atoms with E-state index in [1.54, 1.807) is 32.5 Å². The smallest absolute Gasteiger partial charge is 0.130 e. The Bertz CT molecular complexity index is 1230. The average Bonchev–Trinajstić information content (AvgIpc) is 3.26. The molecule has 3 aromatic carbocycles. The molecule has 0 amide bonds. The molecule has 0 radical (unpaired) electrons. The Labute approximate surface area is 191 Å². The Morgan fingerprint density at radius 3 is 2.32 bits per heavy atom. The minimum absolute atomic E-state index is 0.580. The second kappa shape index (κ2) is 9.29. The highest BCUT2D eigenvalue weighted by molar-refractivity contribution is 6.36. The number of nitrogens with one attached hydrogen (secondary N) is 1. The molecule has 0 spiro atoms. The maximum absolute atomic E-state index is 6.28. The largest absolute Gasteiger partial charge is 0.497 e. The van der Waals surface area contributed by atoms with Crippen LogP contribution in [0.1, 0.15) is 11.4 Å². The number of halogens is 2. The fraction of sp³-hybridized carbons (Fsp3) is 0.0800. The van der Waals surface area contributed by atoms with Crippen molar-refractivity contribution in [1.29, 1.82) is 0 Å². The van der Waals surface area contributed by atoms with E-state index in [0.717, 1.165) is 45.3 Å². The van der Waals surface area contributed by atoms with Crippen LogP contribution in [0.4, 0.5) is 0 Å². The third-order valence-electron chi connectivity index (χ3n) is 4.88. The molecule has 0 aliphatic carbocycles. The first-order chi connectivity index (χ1) is 15.1. The number of rotatable bonds is 6. The van der Waals surface area contributed by atoms with Gasteiger partial charge in [0.05, 0.1) is 31.1 Å². The zero-order valence-electron chi connectivity index (χ0n) is 17.0. The molecule has 0 atom stereocenters. The van der Waals surface area contributed by atoms with Crippen LogP contribution in [-0.4, -0.2) is 24.2 Å². The average molecular weight is 451 g/mol. The topological polar surface area (TPSA) is 47.1 Å². The summed E-state index contributed by atoms with van der Waals surface area (Å²) in [4.78, 5) is 7.68. The van der Waals surface area contributed by atoms with E-state index in [2.05, 4.69) is 34.2 Å². The number of H-pyrrole nitrogens is 1. The molecule has 1 N–H and O–H groups in total. The minimum atomic E-state index is 0.580. The van der Waals surface area contributed by atoms with Crippen LogP contribution in [0.25, 0.3) is 34.5 Å². The van der Waals surface area contributed by atoms with Gasteiger partial charge in [0.1, 0.15) is 17.3 Å². The van der Waals surface area contributed by atoms with Crippen LogP contribution in [0.2, 0.25) is 10.0 Å². The Balaban J connectivity index is 1.52. The molecule has 1 heterocycles. The van der Waals surface area contributed by atoms with Crippen molar-refractivity contribution in [2.75, 3.05) is 14.2 Å². The van der Waals surface area contributed by atoms with E-state index < -0.39 is 0 Å². The van der Waals surface area contributed by atoms with Crippen LogP contribution in [0.15, 0.2) is 66.9 Å². The third-order valence-corrected chi connectivity index (χ3v) is 5.43. The summed E-state index contributed by atoms with van der Waals surface area (Å²) in [5.74, 6) is 2.27. The van der Waals surface area contributed by atoms with E-state index in [9.17, 15) is 0 Å². The molecule has 4 rings (SSSR count). The molecule has 31 heavy (non-hydrogen) atoms. The number of aromatic amines is 1. The Morgan fingerprint density at radius 2 is 1.61 bits per heavy atom. The van der Waals surface area contributed by atoms with Crippen molar-refractivity contribution in [2.45, 2.75) is 0 Å². The molecule has 0 bridgehead atoms. The van der Waals surface area contributed by atoms with Crippen LogP contribution in [0.5, 0.6) is 11.5 Å². The maximum Gasteiger partial charge on any atom is 0.130 e. The van der Waals surface area contributed by atoms with Crippen LogP contribution in [-0.2, 0) is 0 Å². The first-order valence-electron chi connectivity index (χ1n) is 9.58. The van der Waals surface area contributed by atoms with Crippen LogP contribution >= 0.6 is 23.2 Å². The van der Waals surface area contributed by atoms with Gasteiger partial charge in [0, 0.05) is 22.2 Å².